The normalized spacial score (nSPS) is 15.1. The average molecular weight is 308 g/mol. The molecule has 1 heterocycles. The fourth-order valence-electron chi connectivity index (χ4n) is 1.60. The summed E-state index contributed by atoms with van der Waals surface area (Å²) in [5, 5.41) is 9.71. The summed E-state index contributed by atoms with van der Waals surface area (Å²) in [5.74, 6) is 0.706. The summed E-state index contributed by atoms with van der Waals surface area (Å²) in [7, 11) is 0. The van der Waals surface area contributed by atoms with Gasteiger partial charge < -0.3 is 10.8 Å². The number of alkyl halides is 3. The molecule has 114 valence electrons. The van der Waals surface area contributed by atoms with Gasteiger partial charge in [-0.1, -0.05) is 6.92 Å². The van der Waals surface area contributed by atoms with Crippen LogP contribution in [0.5, 0.6) is 0 Å². The minimum Gasteiger partial charge on any atom is -0.394 e. The minimum absolute atomic E-state index is 0.0628. The van der Waals surface area contributed by atoms with Gasteiger partial charge in [0.1, 0.15) is 0 Å². The molecule has 1 aromatic heterocycles. The third-order valence-electron chi connectivity index (χ3n) is 3.15. The lowest BCUT2D eigenvalue weighted by atomic mass is 9.93. The molecule has 1 unspecified atom stereocenters. The highest BCUT2D eigenvalue weighted by Crippen LogP contribution is 2.29. The molecule has 0 aliphatic rings. The van der Waals surface area contributed by atoms with Gasteiger partial charge in [0, 0.05) is 11.7 Å². The number of aromatic nitrogens is 1. The van der Waals surface area contributed by atoms with Crippen molar-refractivity contribution >= 4 is 11.8 Å². The largest absolute Gasteiger partial charge is 0.417 e. The highest BCUT2D eigenvalue weighted by atomic mass is 32.2. The van der Waals surface area contributed by atoms with Crippen LogP contribution in [0.2, 0.25) is 0 Å². The predicted molar refractivity (Wildman–Crippen MR) is 73.5 cm³/mol. The van der Waals surface area contributed by atoms with Gasteiger partial charge in [-0.15, -0.1) is 11.8 Å². The monoisotopic (exact) mass is 308 g/mol. The first kappa shape index (κ1) is 17.3. The zero-order valence-corrected chi connectivity index (χ0v) is 12.1. The fraction of sp³-hybridized carbons (Fsp3) is 0.615. The number of pyridine rings is 1. The molecule has 0 radical (unpaired) electrons. The summed E-state index contributed by atoms with van der Waals surface area (Å²) in [6.45, 7) is 1.85. The van der Waals surface area contributed by atoms with Gasteiger partial charge in [-0.2, -0.15) is 13.2 Å². The van der Waals surface area contributed by atoms with Gasteiger partial charge in [-0.3, -0.25) is 0 Å². The van der Waals surface area contributed by atoms with E-state index in [9.17, 15) is 13.2 Å². The van der Waals surface area contributed by atoms with E-state index in [1.165, 1.54) is 17.8 Å². The van der Waals surface area contributed by atoms with Crippen LogP contribution in [0, 0.1) is 0 Å². The quantitative estimate of drug-likeness (QED) is 0.600. The van der Waals surface area contributed by atoms with Crippen molar-refractivity contribution in [2.24, 2.45) is 5.73 Å². The van der Waals surface area contributed by atoms with Crippen LogP contribution in [0.4, 0.5) is 13.2 Å². The Kier molecular flexibility index (Phi) is 6.29. The van der Waals surface area contributed by atoms with Crippen LogP contribution in [-0.2, 0) is 6.18 Å². The summed E-state index contributed by atoms with van der Waals surface area (Å²) in [5.41, 5.74) is 4.64. The summed E-state index contributed by atoms with van der Waals surface area (Å²) < 4.78 is 37.1. The van der Waals surface area contributed by atoms with E-state index in [4.69, 9.17) is 10.8 Å². The Bertz CT molecular complexity index is 405. The van der Waals surface area contributed by atoms with E-state index in [0.29, 0.717) is 23.6 Å². The lowest BCUT2D eigenvalue weighted by molar-refractivity contribution is -0.137. The van der Waals surface area contributed by atoms with Crippen LogP contribution in [-0.4, -0.2) is 28.0 Å². The van der Waals surface area contributed by atoms with Crippen LogP contribution in [0.1, 0.15) is 31.7 Å². The number of aliphatic hydroxyl groups is 1. The highest BCUT2D eigenvalue weighted by Gasteiger charge is 2.30. The number of rotatable bonds is 7. The van der Waals surface area contributed by atoms with Crippen LogP contribution in [0.3, 0.4) is 0 Å². The zero-order valence-electron chi connectivity index (χ0n) is 11.3. The smallest absolute Gasteiger partial charge is 0.394 e. The minimum atomic E-state index is -4.35. The van der Waals surface area contributed by atoms with Crippen molar-refractivity contribution in [2.45, 2.75) is 42.9 Å². The van der Waals surface area contributed by atoms with E-state index in [1.54, 1.807) is 0 Å². The molecule has 7 heteroatoms. The molecule has 0 saturated carbocycles. The van der Waals surface area contributed by atoms with E-state index in [0.717, 1.165) is 18.7 Å². The molecular formula is C13H19F3N2OS. The third-order valence-corrected chi connectivity index (χ3v) is 4.18. The van der Waals surface area contributed by atoms with E-state index in [1.807, 2.05) is 6.92 Å². The first-order valence-electron chi connectivity index (χ1n) is 6.36. The standard InChI is InChI=1S/C13H19F3N2OS/c1-2-12(17,9-19)6-3-7-20-11-5-4-10(8-18-11)13(14,15)16/h4-5,8,19H,2-3,6-7,9,17H2,1H3. The first-order chi connectivity index (χ1) is 9.30. The van der Waals surface area contributed by atoms with E-state index in [2.05, 4.69) is 4.98 Å². The number of nitrogens with zero attached hydrogens (tertiary/aromatic N) is 1. The van der Waals surface area contributed by atoms with Crippen molar-refractivity contribution < 1.29 is 18.3 Å². The first-order valence-corrected chi connectivity index (χ1v) is 7.35. The number of thioether (sulfide) groups is 1. The maximum absolute atomic E-state index is 12.4. The fourth-order valence-corrected chi connectivity index (χ4v) is 2.39. The van der Waals surface area contributed by atoms with Crippen molar-refractivity contribution in [3.05, 3.63) is 23.9 Å². The molecule has 0 bridgehead atoms. The molecule has 0 aliphatic heterocycles. The number of nitrogens with two attached hydrogens (primary N) is 1. The van der Waals surface area contributed by atoms with E-state index in [-0.39, 0.29) is 6.61 Å². The molecule has 3 nitrogen and oxygen atoms in total. The van der Waals surface area contributed by atoms with Gasteiger partial charge in [0.2, 0.25) is 0 Å². The molecule has 1 aromatic rings. The Morgan fingerprint density at radius 3 is 2.50 bits per heavy atom. The predicted octanol–water partition coefficient (Wildman–Crippen LogP) is 3.07. The number of hydrogen-bond donors (Lipinski definition) is 2. The molecule has 0 aromatic carbocycles. The van der Waals surface area contributed by atoms with E-state index >= 15 is 0 Å². The molecule has 0 aliphatic carbocycles. The Labute approximate surface area is 120 Å². The summed E-state index contributed by atoms with van der Waals surface area (Å²) in [6.07, 6.45) is -1.37. The SMILES string of the molecule is CCC(N)(CO)CCCSc1ccc(C(F)(F)F)cn1. The van der Waals surface area contributed by atoms with Crippen molar-refractivity contribution in [3.63, 3.8) is 0 Å². The second-order valence-electron chi connectivity index (χ2n) is 4.71. The maximum Gasteiger partial charge on any atom is 0.417 e. The van der Waals surface area contributed by atoms with Crippen LogP contribution < -0.4 is 5.73 Å². The Morgan fingerprint density at radius 2 is 2.05 bits per heavy atom. The molecule has 0 saturated heterocycles. The molecule has 1 rings (SSSR count). The molecule has 1 atom stereocenters. The number of aliphatic hydroxyl groups excluding tert-OH is 1. The Morgan fingerprint density at radius 1 is 1.35 bits per heavy atom. The lowest BCUT2D eigenvalue weighted by Gasteiger charge is -2.25. The summed E-state index contributed by atoms with van der Waals surface area (Å²) in [4.78, 5) is 3.78. The van der Waals surface area contributed by atoms with Crippen molar-refractivity contribution in [3.8, 4) is 0 Å². The highest BCUT2D eigenvalue weighted by molar-refractivity contribution is 7.99. The Hall–Kier alpha value is -0.790. The Balaban J connectivity index is 2.40. The van der Waals surface area contributed by atoms with Crippen LogP contribution in [0.15, 0.2) is 23.4 Å². The van der Waals surface area contributed by atoms with Gasteiger partial charge >= 0.3 is 6.18 Å². The molecule has 0 fully saturated rings. The van der Waals surface area contributed by atoms with Crippen molar-refractivity contribution in [1.29, 1.82) is 0 Å². The van der Waals surface area contributed by atoms with Gasteiger partial charge in [0.05, 0.1) is 17.2 Å². The van der Waals surface area contributed by atoms with E-state index < -0.39 is 17.3 Å². The van der Waals surface area contributed by atoms with Crippen molar-refractivity contribution in [2.75, 3.05) is 12.4 Å². The average Bonchev–Trinajstić information content (AvgIpc) is 2.43. The molecule has 3 N–H and O–H groups in total. The van der Waals surface area contributed by atoms with Gasteiger partial charge in [-0.05, 0) is 37.1 Å². The summed E-state index contributed by atoms with van der Waals surface area (Å²) >= 11 is 1.39. The summed E-state index contributed by atoms with van der Waals surface area (Å²) in [6, 6.07) is 2.40. The molecule has 20 heavy (non-hydrogen) atoms. The lowest BCUT2D eigenvalue weighted by Crippen LogP contribution is -2.42. The topological polar surface area (TPSA) is 59.1 Å². The maximum atomic E-state index is 12.4. The van der Waals surface area contributed by atoms with Crippen LogP contribution in [0.25, 0.3) is 0 Å². The second kappa shape index (κ2) is 7.28. The molecule has 0 spiro atoms. The van der Waals surface area contributed by atoms with Gasteiger partial charge in [-0.25, -0.2) is 4.98 Å². The van der Waals surface area contributed by atoms with Crippen LogP contribution >= 0.6 is 11.8 Å². The van der Waals surface area contributed by atoms with Gasteiger partial charge in [0.25, 0.3) is 0 Å². The number of hydrogen-bond acceptors (Lipinski definition) is 4. The second-order valence-corrected chi connectivity index (χ2v) is 5.82. The molecule has 0 amide bonds. The number of halogens is 3. The third kappa shape index (κ3) is 5.30. The van der Waals surface area contributed by atoms with Crippen molar-refractivity contribution in [1.82, 2.24) is 4.98 Å². The van der Waals surface area contributed by atoms with Gasteiger partial charge in [0.15, 0.2) is 0 Å². The zero-order chi connectivity index (χ0) is 15.2. The molecular weight excluding hydrogens is 289 g/mol.